The van der Waals surface area contributed by atoms with Crippen LogP contribution in [0.1, 0.15) is 37.4 Å². The maximum absolute atomic E-state index is 5.60. The molecule has 0 bridgehead atoms. The van der Waals surface area contributed by atoms with Crippen molar-refractivity contribution in [3.8, 4) is 0 Å². The van der Waals surface area contributed by atoms with Crippen molar-refractivity contribution in [3.63, 3.8) is 0 Å². The Kier molecular flexibility index (Phi) is 4.77. The summed E-state index contributed by atoms with van der Waals surface area (Å²) < 4.78 is 1.11. The average molecular weight is 271 g/mol. The predicted octanol–water partition coefficient (Wildman–Crippen LogP) is 3.31. The van der Waals surface area contributed by atoms with E-state index in [1.54, 1.807) is 0 Å². The highest BCUT2D eigenvalue weighted by Crippen LogP contribution is 2.25. The predicted molar refractivity (Wildman–Crippen MR) is 68.4 cm³/mol. The van der Waals surface area contributed by atoms with Crippen LogP contribution in [-0.2, 0) is 0 Å². The molecule has 0 amide bonds. The molecule has 0 saturated heterocycles. The summed E-state index contributed by atoms with van der Waals surface area (Å²) >= 11 is 3.47. The van der Waals surface area contributed by atoms with E-state index < -0.39 is 0 Å². The quantitative estimate of drug-likeness (QED) is 0.651. The van der Waals surface area contributed by atoms with Gasteiger partial charge in [0.1, 0.15) is 0 Å². The number of aryl methyl sites for hydroxylation is 1. The largest absolute Gasteiger partial charge is 0.271 e. The number of nitrogens with two attached hydrogens (primary N) is 1. The molecule has 3 N–H and O–H groups in total. The molecular weight excluding hydrogens is 252 g/mol. The van der Waals surface area contributed by atoms with Crippen molar-refractivity contribution in [1.29, 1.82) is 0 Å². The number of rotatable bonds is 4. The Morgan fingerprint density at radius 1 is 1.40 bits per heavy atom. The first-order chi connectivity index (χ1) is 7.04. The van der Waals surface area contributed by atoms with Crippen LogP contribution in [0.15, 0.2) is 22.7 Å². The Morgan fingerprint density at radius 3 is 2.53 bits per heavy atom. The van der Waals surface area contributed by atoms with Gasteiger partial charge in [0.05, 0.1) is 0 Å². The fourth-order valence-electron chi connectivity index (χ4n) is 1.79. The lowest BCUT2D eigenvalue weighted by atomic mass is 9.94. The maximum atomic E-state index is 5.60. The van der Waals surface area contributed by atoms with Gasteiger partial charge in [-0.2, -0.15) is 0 Å². The van der Waals surface area contributed by atoms with Gasteiger partial charge in [0.15, 0.2) is 0 Å². The van der Waals surface area contributed by atoms with Crippen molar-refractivity contribution in [2.75, 3.05) is 0 Å². The Labute approximate surface area is 100 Å². The van der Waals surface area contributed by atoms with Gasteiger partial charge in [0, 0.05) is 10.5 Å². The third-order valence-electron chi connectivity index (χ3n) is 2.52. The summed E-state index contributed by atoms with van der Waals surface area (Å²) in [6, 6.07) is 6.57. The molecule has 15 heavy (non-hydrogen) atoms. The lowest BCUT2D eigenvalue weighted by Gasteiger charge is -2.20. The number of halogens is 1. The lowest BCUT2D eigenvalue weighted by Crippen LogP contribution is -2.29. The van der Waals surface area contributed by atoms with E-state index in [2.05, 4.69) is 60.3 Å². The second-order valence-electron chi connectivity index (χ2n) is 4.35. The minimum atomic E-state index is 0.248. The van der Waals surface area contributed by atoms with Crippen LogP contribution in [0, 0.1) is 12.8 Å². The first-order valence-corrected chi connectivity index (χ1v) is 6.06. The van der Waals surface area contributed by atoms with Crippen LogP contribution in [-0.4, -0.2) is 0 Å². The summed E-state index contributed by atoms with van der Waals surface area (Å²) in [5.41, 5.74) is 5.45. The number of hydrogen-bond acceptors (Lipinski definition) is 2. The highest BCUT2D eigenvalue weighted by Gasteiger charge is 2.13. The molecule has 1 aromatic carbocycles. The first kappa shape index (κ1) is 12.7. The maximum Gasteiger partial charge on any atom is 0.0465 e. The minimum Gasteiger partial charge on any atom is -0.271 e. The standard InChI is InChI=1S/C12H19BrN2/c1-8(2)6-12(15-14)11-5-4-10(13)7-9(11)3/h4-5,7-8,12,15H,6,14H2,1-3H3. The second-order valence-corrected chi connectivity index (χ2v) is 5.27. The van der Waals surface area contributed by atoms with Gasteiger partial charge in [-0.05, 0) is 42.5 Å². The van der Waals surface area contributed by atoms with Crippen LogP contribution < -0.4 is 11.3 Å². The summed E-state index contributed by atoms with van der Waals surface area (Å²) in [6.07, 6.45) is 1.05. The zero-order chi connectivity index (χ0) is 11.4. The Morgan fingerprint density at radius 2 is 2.07 bits per heavy atom. The Hall–Kier alpha value is -0.380. The fourth-order valence-corrected chi connectivity index (χ4v) is 2.26. The van der Waals surface area contributed by atoms with E-state index >= 15 is 0 Å². The van der Waals surface area contributed by atoms with Crippen LogP contribution in [0.4, 0.5) is 0 Å². The molecule has 0 aliphatic heterocycles. The van der Waals surface area contributed by atoms with Gasteiger partial charge >= 0.3 is 0 Å². The van der Waals surface area contributed by atoms with Crippen molar-refractivity contribution < 1.29 is 0 Å². The molecule has 1 rings (SSSR count). The molecule has 0 radical (unpaired) electrons. The van der Waals surface area contributed by atoms with E-state index in [0.717, 1.165) is 10.9 Å². The first-order valence-electron chi connectivity index (χ1n) is 5.26. The molecule has 0 aliphatic carbocycles. The van der Waals surface area contributed by atoms with Crippen molar-refractivity contribution in [1.82, 2.24) is 5.43 Å². The van der Waals surface area contributed by atoms with Crippen molar-refractivity contribution in [2.24, 2.45) is 11.8 Å². The SMILES string of the molecule is Cc1cc(Br)ccc1C(CC(C)C)NN. The molecule has 0 aliphatic rings. The number of hydrogen-bond donors (Lipinski definition) is 2. The number of hydrazine groups is 1. The molecule has 0 fully saturated rings. The van der Waals surface area contributed by atoms with Crippen LogP contribution in [0.5, 0.6) is 0 Å². The van der Waals surface area contributed by atoms with Gasteiger partial charge < -0.3 is 0 Å². The number of benzene rings is 1. The van der Waals surface area contributed by atoms with Crippen LogP contribution in [0.2, 0.25) is 0 Å². The fraction of sp³-hybridized carbons (Fsp3) is 0.500. The van der Waals surface area contributed by atoms with Crippen LogP contribution in [0.25, 0.3) is 0 Å². The Bertz CT molecular complexity index is 323. The molecular formula is C12H19BrN2. The molecule has 0 spiro atoms. The molecule has 0 saturated carbocycles. The van der Waals surface area contributed by atoms with Crippen LogP contribution >= 0.6 is 15.9 Å². The second kappa shape index (κ2) is 5.64. The molecule has 0 aromatic heterocycles. The van der Waals surface area contributed by atoms with Gasteiger partial charge in [-0.15, -0.1) is 0 Å². The van der Waals surface area contributed by atoms with E-state index in [4.69, 9.17) is 5.84 Å². The highest BCUT2D eigenvalue weighted by atomic mass is 79.9. The normalized spacial score (nSPS) is 13.2. The van der Waals surface area contributed by atoms with Gasteiger partial charge in [-0.1, -0.05) is 35.8 Å². The zero-order valence-corrected chi connectivity index (χ0v) is 11.1. The van der Waals surface area contributed by atoms with Crippen molar-refractivity contribution in [2.45, 2.75) is 33.2 Å². The van der Waals surface area contributed by atoms with Gasteiger partial charge in [-0.25, -0.2) is 0 Å². The monoisotopic (exact) mass is 270 g/mol. The summed E-state index contributed by atoms with van der Waals surface area (Å²) in [5.74, 6) is 6.23. The third-order valence-corrected chi connectivity index (χ3v) is 3.01. The molecule has 84 valence electrons. The molecule has 1 aromatic rings. The summed E-state index contributed by atoms with van der Waals surface area (Å²) in [6.45, 7) is 6.53. The smallest absolute Gasteiger partial charge is 0.0465 e. The van der Waals surface area contributed by atoms with Gasteiger partial charge in [-0.3, -0.25) is 11.3 Å². The summed E-state index contributed by atoms with van der Waals surface area (Å²) in [4.78, 5) is 0. The average Bonchev–Trinajstić information content (AvgIpc) is 2.14. The molecule has 1 atom stereocenters. The third kappa shape index (κ3) is 3.59. The minimum absolute atomic E-state index is 0.248. The number of nitrogens with one attached hydrogen (secondary N) is 1. The molecule has 0 heterocycles. The van der Waals surface area contributed by atoms with Crippen LogP contribution in [0.3, 0.4) is 0 Å². The van der Waals surface area contributed by atoms with E-state index in [-0.39, 0.29) is 6.04 Å². The highest BCUT2D eigenvalue weighted by molar-refractivity contribution is 9.10. The lowest BCUT2D eigenvalue weighted by molar-refractivity contribution is 0.436. The van der Waals surface area contributed by atoms with E-state index in [1.807, 2.05) is 0 Å². The van der Waals surface area contributed by atoms with Gasteiger partial charge in [0.25, 0.3) is 0 Å². The molecule has 2 nitrogen and oxygen atoms in total. The molecule has 1 unspecified atom stereocenters. The van der Waals surface area contributed by atoms with E-state index in [1.165, 1.54) is 11.1 Å². The van der Waals surface area contributed by atoms with Crippen molar-refractivity contribution in [3.05, 3.63) is 33.8 Å². The van der Waals surface area contributed by atoms with E-state index in [9.17, 15) is 0 Å². The topological polar surface area (TPSA) is 38.0 Å². The summed E-state index contributed by atoms with van der Waals surface area (Å²) in [7, 11) is 0. The zero-order valence-electron chi connectivity index (χ0n) is 9.55. The molecule has 3 heteroatoms. The Balaban J connectivity index is 2.91. The van der Waals surface area contributed by atoms with Gasteiger partial charge in [0.2, 0.25) is 0 Å². The van der Waals surface area contributed by atoms with Crippen molar-refractivity contribution >= 4 is 15.9 Å². The summed E-state index contributed by atoms with van der Waals surface area (Å²) in [5, 5.41) is 0. The van der Waals surface area contributed by atoms with E-state index in [0.29, 0.717) is 5.92 Å².